The summed E-state index contributed by atoms with van der Waals surface area (Å²) in [5, 5.41) is 1.17. The van der Waals surface area contributed by atoms with Gasteiger partial charge in [0.1, 0.15) is 0 Å². The number of aromatic amines is 1. The first-order chi connectivity index (χ1) is 12.1. The molecule has 2 nitrogen and oxygen atoms in total. The summed E-state index contributed by atoms with van der Waals surface area (Å²) in [4.78, 5) is 15.1. The molecule has 0 saturated heterocycles. The number of nitrogens with one attached hydrogen (secondary N) is 1. The molecule has 3 aromatic carbocycles. The lowest BCUT2D eigenvalue weighted by atomic mass is 9.97. The van der Waals surface area contributed by atoms with Gasteiger partial charge < -0.3 is 4.98 Å². The standard InChI is InChI=1S/C22H16BrNO/c1-14(25)15-10-12-16(13-11-15)21-18-7-3-5-9-20(18)24-22(21)17-6-2-4-8-19(17)23/h2-13,24H,1H3. The van der Waals surface area contributed by atoms with Crippen LogP contribution in [0.5, 0.6) is 0 Å². The van der Waals surface area contributed by atoms with Crippen molar-refractivity contribution in [3.05, 3.63) is 82.8 Å². The van der Waals surface area contributed by atoms with E-state index in [0.717, 1.165) is 37.9 Å². The molecule has 0 spiro atoms. The zero-order chi connectivity index (χ0) is 17.4. The largest absolute Gasteiger partial charge is 0.354 e. The minimum absolute atomic E-state index is 0.0801. The quantitative estimate of drug-likeness (QED) is 0.400. The van der Waals surface area contributed by atoms with Gasteiger partial charge >= 0.3 is 0 Å². The second-order valence-electron chi connectivity index (χ2n) is 6.03. The zero-order valence-corrected chi connectivity index (χ0v) is 15.3. The van der Waals surface area contributed by atoms with Crippen molar-refractivity contribution in [1.82, 2.24) is 4.98 Å². The van der Waals surface area contributed by atoms with Gasteiger partial charge in [0.15, 0.2) is 5.78 Å². The Morgan fingerprint density at radius 2 is 1.56 bits per heavy atom. The number of carbonyl (C=O) groups excluding carboxylic acids is 1. The van der Waals surface area contributed by atoms with E-state index in [1.807, 2.05) is 54.6 Å². The number of carbonyl (C=O) groups is 1. The van der Waals surface area contributed by atoms with Crippen LogP contribution in [0, 0.1) is 0 Å². The molecule has 4 aromatic rings. The number of ketones is 1. The highest BCUT2D eigenvalue weighted by Gasteiger charge is 2.16. The number of rotatable bonds is 3. The third kappa shape index (κ3) is 2.81. The number of hydrogen-bond donors (Lipinski definition) is 1. The van der Waals surface area contributed by atoms with Crippen LogP contribution < -0.4 is 0 Å². The number of H-pyrrole nitrogens is 1. The Morgan fingerprint density at radius 1 is 0.880 bits per heavy atom. The monoisotopic (exact) mass is 389 g/mol. The van der Waals surface area contributed by atoms with Gasteiger partial charge in [-0.25, -0.2) is 0 Å². The number of halogens is 1. The summed E-state index contributed by atoms with van der Waals surface area (Å²) >= 11 is 3.66. The molecule has 0 atom stereocenters. The van der Waals surface area contributed by atoms with Crippen molar-refractivity contribution >= 4 is 32.6 Å². The molecular weight excluding hydrogens is 374 g/mol. The molecule has 1 heterocycles. The first kappa shape index (κ1) is 15.9. The zero-order valence-electron chi connectivity index (χ0n) is 13.7. The van der Waals surface area contributed by atoms with Gasteiger partial charge in [0.2, 0.25) is 0 Å². The Balaban J connectivity index is 2.00. The molecular formula is C22H16BrNO. The average molecular weight is 390 g/mol. The van der Waals surface area contributed by atoms with Crippen molar-refractivity contribution in [2.75, 3.05) is 0 Å². The number of para-hydroxylation sites is 1. The first-order valence-corrected chi connectivity index (χ1v) is 8.91. The molecule has 0 fully saturated rings. The summed E-state index contributed by atoms with van der Waals surface area (Å²) in [7, 11) is 0. The summed E-state index contributed by atoms with van der Waals surface area (Å²) in [5.74, 6) is 0.0801. The molecule has 0 radical (unpaired) electrons. The Morgan fingerprint density at radius 3 is 2.28 bits per heavy atom. The maximum atomic E-state index is 11.6. The van der Waals surface area contributed by atoms with E-state index in [4.69, 9.17) is 0 Å². The normalized spacial score (nSPS) is 11.0. The summed E-state index contributed by atoms with van der Waals surface area (Å²) in [6, 6.07) is 24.3. The van der Waals surface area contributed by atoms with Gasteiger partial charge in [-0.1, -0.05) is 76.6 Å². The van der Waals surface area contributed by atoms with Crippen LogP contribution in [0.15, 0.2) is 77.3 Å². The van der Waals surface area contributed by atoms with E-state index < -0.39 is 0 Å². The highest BCUT2D eigenvalue weighted by Crippen LogP contribution is 2.40. The van der Waals surface area contributed by atoms with Gasteiger partial charge in [0.05, 0.1) is 5.69 Å². The Kier molecular flexibility index (Phi) is 4.02. The first-order valence-electron chi connectivity index (χ1n) is 8.12. The fourth-order valence-electron chi connectivity index (χ4n) is 3.18. The molecule has 0 unspecified atom stereocenters. The number of aromatic nitrogens is 1. The van der Waals surface area contributed by atoms with E-state index in [9.17, 15) is 4.79 Å². The molecule has 3 heteroatoms. The van der Waals surface area contributed by atoms with Gasteiger partial charge in [-0.2, -0.15) is 0 Å². The van der Waals surface area contributed by atoms with Gasteiger partial charge in [-0.05, 0) is 24.6 Å². The van der Waals surface area contributed by atoms with Gasteiger partial charge in [-0.15, -0.1) is 0 Å². The summed E-state index contributed by atoms with van der Waals surface area (Å²) in [6.07, 6.45) is 0. The summed E-state index contributed by atoms with van der Waals surface area (Å²) in [6.45, 7) is 1.59. The van der Waals surface area contributed by atoms with Gasteiger partial charge in [0, 0.05) is 32.1 Å². The second-order valence-corrected chi connectivity index (χ2v) is 6.89. The fourth-order valence-corrected chi connectivity index (χ4v) is 3.66. The average Bonchev–Trinajstić information content (AvgIpc) is 3.01. The highest BCUT2D eigenvalue weighted by molar-refractivity contribution is 9.10. The van der Waals surface area contributed by atoms with Crippen molar-refractivity contribution in [2.24, 2.45) is 0 Å². The van der Waals surface area contributed by atoms with Crippen molar-refractivity contribution in [2.45, 2.75) is 6.92 Å². The third-order valence-electron chi connectivity index (χ3n) is 4.43. The molecule has 25 heavy (non-hydrogen) atoms. The van der Waals surface area contributed by atoms with Crippen LogP contribution in [0.2, 0.25) is 0 Å². The van der Waals surface area contributed by atoms with Crippen LogP contribution in [0.4, 0.5) is 0 Å². The molecule has 122 valence electrons. The van der Waals surface area contributed by atoms with E-state index >= 15 is 0 Å². The molecule has 4 rings (SSSR count). The summed E-state index contributed by atoms with van der Waals surface area (Å²) < 4.78 is 1.04. The minimum Gasteiger partial charge on any atom is -0.354 e. The smallest absolute Gasteiger partial charge is 0.159 e. The Labute approximate surface area is 154 Å². The fraction of sp³-hybridized carbons (Fsp3) is 0.0455. The van der Waals surface area contributed by atoms with E-state index in [-0.39, 0.29) is 5.78 Å². The molecule has 1 N–H and O–H groups in total. The van der Waals surface area contributed by atoms with Crippen molar-refractivity contribution < 1.29 is 4.79 Å². The van der Waals surface area contributed by atoms with Crippen LogP contribution >= 0.6 is 15.9 Å². The van der Waals surface area contributed by atoms with Gasteiger partial charge in [0.25, 0.3) is 0 Å². The maximum absolute atomic E-state index is 11.6. The van der Waals surface area contributed by atoms with Crippen molar-refractivity contribution in [3.63, 3.8) is 0 Å². The predicted molar refractivity (Wildman–Crippen MR) is 107 cm³/mol. The minimum atomic E-state index is 0.0801. The maximum Gasteiger partial charge on any atom is 0.159 e. The summed E-state index contributed by atoms with van der Waals surface area (Å²) in [5.41, 5.74) is 6.25. The van der Waals surface area contributed by atoms with E-state index in [1.54, 1.807) is 6.92 Å². The Hall–Kier alpha value is -2.65. The van der Waals surface area contributed by atoms with Crippen LogP contribution in [0.1, 0.15) is 17.3 Å². The lowest BCUT2D eigenvalue weighted by Crippen LogP contribution is -1.91. The number of benzene rings is 3. The highest BCUT2D eigenvalue weighted by atomic mass is 79.9. The molecule has 0 bridgehead atoms. The van der Waals surface area contributed by atoms with E-state index in [0.29, 0.717) is 0 Å². The molecule has 0 aliphatic heterocycles. The van der Waals surface area contributed by atoms with Crippen LogP contribution in [-0.4, -0.2) is 10.8 Å². The predicted octanol–water partition coefficient (Wildman–Crippen LogP) is 6.47. The van der Waals surface area contributed by atoms with Gasteiger partial charge in [-0.3, -0.25) is 4.79 Å². The van der Waals surface area contributed by atoms with Crippen LogP contribution in [-0.2, 0) is 0 Å². The lowest BCUT2D eigenvalue weighted by Gasteiger charge is -2.08. The van der Waals surface area contributed by atoms with E-state index in [2.05, 4.69) is 39.1 Å². The Bertz CT molecular complexity index is 1080. The molecule has 0 amide bonds. The molecule has 0 aliphatic carbocycles. The van der Waals surface area contributed by atoms with Crippen LogP contribution in [0.25, 0.3) is 33.3 Å². The van der Waals surface area contributed by atoms with E-state index in [1.165, 1.54) is 5.39 Å². The van der Waals surface area contributed by atoms with Crippen LogP contribution in [0.3, 0.4) is 0 Å². The topological polar surface area (TPSA) is 32.9 Å². The second kappa shape index (κ2) is 6.34. The van der Waals surface area contributed by atoms with Crippen molar-refractivity contribution in [1.29, 1.82) is 0 Å². The lowest BCUT2D eigenvalue weighted by molar-refractivity contribution is 0.101. The number of fused-ring (bicyclic) bond motifs is 1. The molecule has 1 aromatic heterocycles. The SMILES string of the molecule is CC(=O)c1ccc(-c2c(-c3ccccc3Br)[nH]c3ccccc23)cc1. The molecule has 0 saturated carbocycles. The third-order valence-corrected chi connectivity index (χ3v) is 5.12. The molecule has 0 aliphatic rings. The van der Waals surface area contributed by atoms with Crippen molar-refractivity contribution in [3.8, 4) is 22.4 Å². The number of hydrogen-bond acceptors (Lipinski definition) is 1. The number of Topliss-reactive ketones (excluding diaryl/α,β-unsaturated/α-hetero) is 1.